The van der Waals surface area contributed by atoms with Crippen molar-refractivity contribution in [1.29, 1.82) is 0 Å². The van der Waals surface area contributed by atoms with Gasteiger partial charge in [-0.3, -0.25) is 15.0 Å². The van der Waals surface area contributed by atoms with E-state index in [1.807, 2.05) is 54.7 Å². The van der Waals surface area contributed by atoms with Crippen molar-refractivity contribution in [2.45, 2.75) is 5.92 Å². The highest BCUT2D eigenvalue weighted by Gasteiger charge is 2.31. The van der Waals surface area contributed by atoms with E-state index in [4.69, 9.17) is 4.98 Å². The predicted octanol–water partition coefficient (Wildman–Crippen LogP) is 20.7. The molecule has 3 nitrogen and oxygen atoms in total. The summed E-state index contributed by atoms with van der Waals surface area (Å²) in [4.78, 5) is 14.2. The first-order chi connectivity index (χ1) is 42.0. The Kier molecular flexibility index (Phi) is 13.6. The normalized spacial score (nSPS) is 12.5. The molecule has 0 saturated carbocycles. The van der Waals surface area contributed by atoms with E-state index in [-0.39, 0.29) is 28.4 Å². The second-order valence-electron chi connectivity index (χ2n) is 21.2. The van der Waals surface area contributed by atoms with Crippen LogP contribution in [0.4, 0.5) is 30.7 Å². The molecule has 13 aromatic rings. The summed E-state index contributed by atoms with van der Waals surface area (Å²) in [6.45, 7) is 0. The lowest BCUT2D eigenvalue weighted by Crippen LogP contribution is -1.99. The van der Waals surface area contributed by atoms with Gasteiger partial charge in [0.25, 0.3) is 0 Å². The Morgan fingerprint density at radius 2 is 0.651 bits per heavy atom. The summed E-state index contributed by atoms with van der Waals surface area (Å²) in [5.41, 5.74) is 15.7. The lowest BCUT2D eigenvalue weighted by molar-refractivity contribution is 0.584. The molecule has 1 aliphatic rings. The van der Waals surface area contributed by atoms with Crippen molar-refractivity contribution in [1.82, 2.24) is 15.0 Å². The topological polar surface area (TPSA) is 38.7 Å². The number of pyridine rings is 3. The summed E-state index contributed by atoms with van der Waals surface area (Å²) in [6, 6.07) is 69.1. The lowest BCUT2D eigenvalue weighted by Gasteiger charge is -2.20. The second-order valence-corrected chi connectivity index (χ2v) is 21.2. The minimum atomic E-state index is -0.788. The Morgan fingerprint density at radius 1 is 0.221 bits per heavy atom. The van der Waals surface area contributed by atoms with Crippen LogP contribution in [0, 0.1) is 40.7 Å². The van der Waals surface area contributed by atoms with Crippen molar-refractivity contribution in [2.75, 3.05) is 0 Å². The molecule has 1 aliphatic carbocycles. The van der Waals surface area contributed by atoms with Gasteiger partial charge in [0.2, 0.25) is 0 Å². The van der Waals surface area contributed by atoms with E-state index in [9.17, 15) is 8.78 Å². The van der Waals surface area contributed by atoms with Crippen LogP contribution in [0.5, 0.6) is 0 Å². The quantitative estimate of drug-likeness (QED) is 0.121. The number of hydrogen-bond acceptors (Lipinski definition) is 3. The molecular weight excluding hydrogens is 1090 g/mol. The fraction of sp³-hybridized carbons (Fsp3) is 0.0132. The molecule has 10 aromatic carbocycles. The van der Waals surface area contributed by atoms with Crippen LogP contribution in [0.3, 0.4) is 0 Å². The van der Waals surface area contributed by atoms with Gasteiger partial charge in [0.1, 0.15) is 40.7 Å². The molecule has 0 saturated heterocycles. The maximum atomic E-state index is 16.4. The van der Waals surface area contributed by atoms with E-state index < -0.39 is 40.7 Å². The molecule has 1 unspecified atom stereocenters. The summed E-state index contributed by atoms with van der Waals surface area (Å²) >= 11 is 0. The first-order valence-corrected chi connectivity index (χ1v) is 27.7. The smallest absolute Gasteiger partial charge is 0.135 e. The molecule has 3 heterocycles. The number of benzene rings is 10. The molecular formula is C76H44F7N3. The molecule has 0 aliphatic heterocycles. The number of aromatic nitrogens is 3. The van der Waals surface area contributed by atoms with Crippen molar-refractivity contribution in [3.63, 3.8) is 0 Å². The van der Waals surface area contributed by atoms with Gasteiger partial charge in [0.15, 0.2) is 0 Å². The zero-order valence-electron chi connectivity index (χ0n) is 45.4. The third-order valence-electron chi connectivity index (χ3n) is 16.0. The third-order valence-corrected chi connectivity index (χ3v) is 16.0. The molecule has 10 heteroatoms. The molecule has 0 spiro atoms. The predicted molar refractivity (Wildman–Crippen MR) is 327 cm³/mol. The number of hydrogen-bond donors (Lipinski definition) is 0. The van der Waals surface area contributed by atoms with Gasteiger partial charge in [-0.15, -0.1) is 0 Å². The van der Waals surface area contributed by atoms with E-state index in [2.05, 4.69) is 82.8 Å². The van der Waals surface area contributed by atoms with Crippen LogP contribution in [-0.4, -0.2) is 15.0 Å². The molecule has 412 valence electrons. The van der Waals surface area contributed by atoms with E-state index in [0.717, 1.165) is 52.1 Å². The van der Waals surface area contributed by atoms with E-state index in [0.29, 0.717) is 72.5 Å². The largest absolute Gasteiger partial charge is 0.256 e. The first kappa shape index (κ1) is 53.2. The van der Waals surface area contributed by atoms with E-state index in [1.165, 1.54) is 77.6 Å². The Hall–Kier alpha value is -10.8. The Bertz CT molecular complexity index is 4620. The fourth-order valence-corrected chi connectivity index (χ4v) is 12.0. The van der Waals surface area contributed by atoms with Crippen LogP contribution in [0.1, 0.15) is 22.6 Å². The maximum absolute atomic E-state index is 16.4. The highest BCUT2D eigenvalue weighted by Crippen LogP contribution is 2.51. The number of rotatable bonds is 11. The summed E-state index contributed by atoms with van der Waals surface area (Å²) < 4.78 is 106. The molecule has 0 radical (unpaired) electrons. The van der Waals surface area contributed by atoms with Gasteiger partial charge >= 0.3 is 0 Å². The monoisotopic (exact) mass is 1130 g/mol. The van der Waals surface area contributed by atoms with Gasteiger partial charge in [-0.25, -0.2) is 30.7 Å². The van der Waals surface area contributed by atoms with Crippen molar-refractivity contribution < 1.29 is 30.7 Å². The SMILES string of the molecule is Fc1ccc(-c2ccc(-c3ccc(F)cc3-c3cc(-c4cc(F)ccc4-c4ccc(-c5ccc(F)cc5F)nc4)cc(-c4cc(F)ccc4-c4cnc(-c5ccccc5)cc4-c4ccc5c(c4)-c4ccccc4C5c4ccccc4)c3)cn2)c(F)c1. The van der Waals surface area contributed by atoms with E-state index >= 15 is 22.0 Å². The minimum absolute atomic E-state index is 0.0128. The highest BCUT2D eigenvalue weighted by atomic mass is 19.2. The Balaban J connectivity index is 0.973. The summed E-state index contributed by atoms with van der Waals surface area (Å²) in [6.07, 6.45) is 4.86. The van der Waals surface area contributed by atoms with Crippen LogP contribution >= 0.6 is 0 Å². The molecule has 3 aromatic heterocycles. The molecule has 0 fully saturated rings. The van der Waals surface area contributed by atoms with Crippen LogP contribution in [0.2, 0.25) is 0 Å². The molecule has 1 atom stereocenters. The van der Waals surface area contributed by atoms with Crippen molar-refractivity contribution >= 4 is 0 Å². The zero-order chi connectivity index (χ0) is 58.6. The average molecular weight is 1130 g/mol. The van der Waals surface area contributed by atoms with Crippen LogP contribution in [0.25, 0.3) is 123 Å². The minimum Gasteiger partial charge on any atom is -0.256 e. The second kappa shape index (κ2) is 22.1. The standard InChI is InChI=1S/C76H44F7N3/c77-52-18-24-57(47-16-29-73(84-41-47)63-27-21-55(80)38-71(63)82)65(35-52)49-31-50(66-36-53(78)19-25-58(66)48-17-30-74(85-42-48)64-28-22-56(81)39-72(64)83)33-51(32-49)67-37-54(79)20-26-60(67)70-43-86-75(44-9-3-1-4-10-44)40-68(70)46-15-23-62-69(34-46)59-13-7-8-14-61(59)76(62)45-11-5-2-6-12-45/h1-43,76H. The van der Waals surface area contributed by atoms with Crippen LogP contribution in [-0.2, 0) is 0 Å². The van der Waals surface area contributed by atoms with Gasteiger partial charge in [-0.2, -0.15) is 0 Å². The Labute approximate surface area is 490 Å². The van der Waals surface area contributed by atoms with Crippen molar-refractivity contribution in [2.24, 2.45) is 0 Å². The van der Waals surface area contributed by atoms with Crippen molar-refractivity contribution in [3.8, 4) is 123 Å². The Morgan fingerprint density at radius 3 is 1.17 bits per heavy atom. The molecule has 0 amide bonds. The maximum Gasteiger partial charge on any atom is 0.135 e. The average Bonchev–Trinajstić information content (AvgIpc) is 1.69. The number of nitrogens with zero attached hydrogens (tertiary/aromatic N) is 3. The van der Waals surface area contributed by atoms with Gasteiger partial charge < -0.3 is 0 Å². The molecule has 0 N–H and O–H groups in total. The lowest BCUT2D eigenvalue weighted by atomic mass is 9.85. The van der Waals surface area contributed by atoms with Gasteiger partial charge in [0.05, 0.1) is 17.1 Å². The zero-order valence-corrected chi connectivity index (χ0v) is 45.4. The fourth-order valence-electron chi connectivity index (χ4n) is 12.0. The van der Waals surface area contributed by atoms with Crippen LogP contribution in [0.15, 0.2) is 261 Å². The van der Waals surface area contributed by atoms with Gasteiger partial charge in [0, 0.05) is 70.0 Å². The first-order valence-electron chi connectivity index (χ1n) is 27.7. The summed E-state index contributed by atoms with van der Waals surface area (Å²) in [5.74, 6) is -4.71. The van der Waals surface area contributed by atoms with Crippen molar-refractivity contribution in [3.05, 3.63) is 319 Å². The van der Waals surface area contributed by atoms with Crippen LogP contribution < -0.4 is 0 Å². The third kappa shape index (κ3) is 10.0. The van der Waals surface area contributed by atoms with E-state index in [1.54, 1.807) is 48.5 Å². The molecule has 0 bridgehead atoms. The van der Waals surface area contributed by atoms with Gasteiger partial charge in [-0.05, 0) is 192 Å². The molecule has 86 heavy (non-hydrogen) atoms. The molecule has 14 rings (SSSR count). The summed E-state index contributed by atoms with van der Waals surface area (Å²) in [5, 5.41) is 0. The van der Waals surface area contributed by atoms with Gasteiger partial charge in [-0.1, -0.05) is 127 Å². The number of fused-ring (bicyclic) bond motifs is 3. The highest BCUT2D eigenvalue weighted by molar-refractivity contribution is 5.98. The summed E-state index contributed by atoms with van der Waals surface area (Å²) in [7, 11) is 0. The number of halogens is 7.